The molecule has 0 bridgehead atoms. The van der Waals surface area contributed by atoms with Crippen molar-refractivity contribution in [2.45, 2.75) is 17.7 Å². The highest BCUT2D eigenvalue weighted by molar-refractivity contribution is 7.89. The molecule has 34 heavy (non-hydrogen) atoms. The highest BCUT2D eigenvalue weighted by Crippen LogP contribution is 2.27. The van der Waals surface area contributed by atoms with E-state index in [9.17, 15) is 18.0 Å². The molecule has 0 radical (unpaired) electrons. The molecule has 1 saturated heterocycles. The lowest BCUT2D eigenvalue weighted by atomic mass is 9.97. The Balaban J connectivity index is 1.36. The Hall–Kier alpha value is -3.43. The van der Waals surface area contributed by atoms with Crippen molar-refractivity contribution in [3.63, 3.8) is 0 Å². The topological polar surface area (TPSA) is 96.0 Å². The lowest BCUT2D eigenvalue weighted by Gasteiger charge is -2.30. The van der Waals surface area contributed by atoms with E-state index in [4.69, 9.17) is 4.74 Å². The van der Waals surface area contributed by atoms with Crippen molar-refractivity contribution >= 4 is 44.2 Å². The monoisotopic (exact) mass is 481 g/mol. The molecule has 0 unspecified atom stereocenters. The Morgan fingerprint density at radius 1 is 0.971 bits per heavy atom. The smallest absolute Gasteiger partial charge is 0.413 e. The van der Waals surface area contributed by atoms with Gasteiger partial charge in [0.15, 0.2) is 0 Å². The number of methoxy groups -OCH3 is 1. The average molecular weight is 482 g/mol. The lowest BCUT2D eigenvalue weighted by Crippen LogP contribution is -2.41. The van der Waals surface area contributed by atoms with E-state index in [1.54, 1.807) is 43.4 Å². The summed E-state index contributed by atoms with van der Waals surface area (Å²) in [6.45, 7) is 0.576. The van der Waals surface area contributed by atoms with Gasteiger partial charge < -0.3 is 10.1 Å². The van der Waals surface area contributed by atoms with E-state index in [0.717, 1.165) is 10.8 Å². The maximum absolute atomic E-state index is 13.1. The zero-order chi connectivity index (χ0) is 24.3. The summed E-state index contributed by atoms with van der Waals surface area (Å²) in [6.07, 6.45) is 0.408. The number of benzene rings is 3. The molecule has 8 nitrogen and oxygen atoms in total. The summed E-state index contributed by atoms with van der Waals surface area (Å²) in [5.74, 6) is -0.419. The van der Waals surface area contributed by atoms with Gasteiger partial charge in [0.25, 0.3) is 0 Å². The molecule has 1 fully saturated rings. The van der Waals surface area contributed by atoms with Crippen LogP contribution in [0.25, 0.3) is 10.8 Å². The minimum Gasteiger partial charge on any atom is -0.452 e. The van der Waals surface area contributed by atoms with Gasteiger partial charge in [-0.3, -0.25) is 9.69 Å². The highest BCUT2D eigenvalue weighted by atomic mass is 32.2. The molecule has 9 heteroatoms. The van der Waals surface area contributed by atoms with Crippen LogP contribution in [-0.2, 0) is 19.6 Å². The van der Waals surface area contributed by atoms with Gasteiger partial charge >= 0.3 is 6.09 Å². The summed E-state index contributed by atoms with van der Waals surface area (Å²) in [4.78, 5) is 26.0. The summed E-state index contributed by atoms with van der Waals surface area (Å²) in [5.41, 5.74) is 1.25. The number of carbonyl (C=O) groups is 2. The van der Waals surface area contributed by atoms with Crippen LogP contribution in [-0.4, -0.2) is 52.0 Å². The Labute approximate surface area is 199 Å². The van der Waals surface area contributed by atoms with Crippen LogP contribution in [0, 0.1) is 5.92 Å². The number of carbonyl (C=O) groups excluding carboxylic acids is 2. The zero-order valence-electron chi connectivity index (χ0n) is 19.1. The summed E-state index contributed by atoms with van der Waals surface area (Å²) in [7, 11) is -0.717. The minimum atomic E-state index is -3.62. The van der Waals surface area contributed by atoms with E-state index in [1.165, 1.54) is 16.3 Å². The Morgan fingerprint density at radius 3 is 2.26 bits per heavy atom. The molecule has 1 heterocycles. The number of nitrogens with zero attached hydrogens (tertiary/aromatic N) is 2. The van der Waals surface area contributed by atoms with Crippen LogP contribution < -0.4 is 10.2 Å². The largest absolute Gasteiger partial charge is 0.452 e. The second-order valence-electron chi connectivity index (χ2n) is 8.25. The zero-order valence-corrected chi connectivity index (χ0v) is 19.9. The normalized spacial score (nSPS) is 15.1. The van der Waals surface area contributed by atoms with E-state index in [-0.39, 0.29) is 29.8 Å². The van der Waals surface area contributed by atoms with E-state index >= 15 is 0 Å². The van der Waals surface area contributed by atoms with Crippen molar-refractivity contribution in [3.8, 4) is 0 Å². The molecular weight excluding hydrogens is 454 g/mol. The number of hydrogen-bond acceptors (Lipinski definition) is 5. The second kappa shape index (κ2) is 9.82. The third-order valence-electron chi connectivity index (χ3n) is 6.15. The number of anilines is 2. The quantitative estimate of drug-likeness (QED) is 0.592. The van der Waals surface area contributed by atoms with E-state index in [1.807, 2.05) is 30.3 Å². The van der Waals surface area contributed by atoms with E-state index in [0.29, 0.717) is 24.2 Å². The summed E-state index contributed by atoms with van der Waals surface area (Å²) in [6, 6.07) is 19.6. The molecule has 1 aliphatic rings. The Bertz CT molecular complexity index is 1300. The molecule has 0 saturated carbocycles. The molecule has 3 aromatic carbocycles. The van der Waals surface area contributed by atoms with Crippen molar-refractivity contribution in [3.05, 3.63) is 66.7 Å². The van der Waals surface area contributed by atoms with Gasteiger partial charge in [-0.05, 0) is 60.0 Å². The van der Waals surface area contributed by atoms with Crippen molar-refractivity contribution in [2.24, 2.45) is 5.92 Å². The van der Waals surface area contributed by atoms with Crippen LogP contribution in [0.3, 0.4) is 0 Å². The molecule has 178 valence electrons. The SMILES string of the molecule is COC(=O)N(C)c1ccc(NC(=O)C2CCN(S(=O)(=O)c3ccc4ccccc4c3)CC2)cc1. The van der Waals surface area contributed by atoms with Gasteiger partial charge in [-0.15, -0.1) is 0 Å². The van der Waals surface area contributed by atoms with Gasteiger partial charge in [-0.2, -0.15) is 4.31 Å². The number of sulfonamides is 1. The van der Waals surface area contributed by atoms with Gasteiger partial charge in [0.05, 0.1) is 12.0 Å². The van der Waals surface area contributed by atoms with E-state index < -0.39 is 16.1 Å². The maximum Gasteiger partial charge on any atom is 0.413 e. The first-order valence-electron chi connectivity index (χ1n) is 11.0. The van der Waals surface area contributed by atoms with Crippen LogP contribution in [0.15, 0.2) is 71.6 Å². The van der Waals surface area contributed by atoms with Crippen LogP contribution in [0.5, 0.6) is 0 Å². The number of nitrogens with one attached hydrogen (secondary N) is 1. The van der Waals surface area contributed by atoms with Crippen molar-refractivity contribution in [1.82, 2.24) is 4.31 Å². The standard InChI is InChI=1S/C25H27N3O5S/c1-27(25(30)33-2)22-10-8-21(9-11-22)26-24(29)19-13-15-28(16-14-19)34(31,32)23-12-7-18-5-3-4-6-20(18)17-23/h3-12,17,19H,13-16H2,1-2H3,(H,26,29). The van der Waals surface area contributed by atoms with Crippen LogP contribution >= 0.6 is 0 Å². The number of hydrogen-bond donors (Lipinski definition) is 1. The second-order valence-corrected chi connectivity index (χ2v) is 10.2. The molecule has 3 aromatic rings. The number of amides is 2. The molecule has 1 N–H and O–H groups in total. The number of ether oxygens (including phenoxy) is 1. The molecule has 2 amide bonds. The molecule has 4 rings (SSSR count). The minimum absolute atomic E-state index is 0.142. The fraction of sp³-hybridized carbons (Fsp3) is 0.280. The summed E-state index contributed by atoms with van der Waals surface area (Å²) >= 11 is 0. The first-order valence-corrected chi connectivity index (χ1v) is 12.4. The summed E-state index contributed by atoms with van der Waals surface area (Å²) < 4.78 is 32.4. The maximum atomic E-state index is 13.1. The van der Waals surface area contributed by atoms with Crippen LogP contribution in [0.1, 0.15) is 12.8 Å². The van der Waals surface area contributed by atoms with Gasteiger partial charge in [0, 0.05) is 37.4 Å². The Kier molecular flexibility index (Phi) is 6.85. The fourth-order valence-corrected chi connectivity index (χ4v) is 5.60. The third kappa shape index (κ3) is 4.90. The third-order valence-corrected chi connectivity index (χ3v) is 8.05. The summed E-state index contributed by atoms with van der Waals surface area (Å²) in [5, 5.41) is 4.75. The molecule has 1 aliphatic heterocycles. The predicted molar refractivity (Wildman–Crippen MR) is 131 cm³/mol. The molecule has 0 aromatic heterocycles. The van der Waals surface area contributed by atoms with Gasteiger partial charge in [0.2, 0.25) is 15.9 Å². The molecule has 0 aliphatic carbocycles. The first-order chi connectivity index (χ1) is 16.3. The van der Waals surface area contributed by atoms with Gasteiger partial charge in [0.1, 0.15) is 0 Å². The number of rotatable bonds is 5. The Morgan fingerprint density at radius 2 is 1.62 bits per heavy atom. The fourth-order valence-electron chi connectivity index (χ4n) is 4.09. The first kappa shape index (κ1) is 23.7. The lowest BCUT2D eigenvalue weighted by molar-refractivity contribution is -0.120. The van der Waals surface area contributed by atoms with Crippen LogP contribution in [0.4, 0.5) is 16.2 Å². The average Bonchev–Trinajstić information content (AvgIpc) is 2.88. The molecule has 0 atom stereocenters. The van der Waals surface area contributed by atoms with Crippen molar-refractivity contribution < 1.29 is 22.7 Å². The van der Waals surface area contributed by atoms with Crippen LogP contribution in [0.2, 0.25) is 0 Å². The molecular formula is C25H27N3O5S. The number of piperidine rings is 1. The van der Waals surface area contributed by atoms with E-state index in [2.05, 4.69) is 5.32 Å². The van der Waals surface area contributed by atoms with Crippen molar-refractivity contribution in [2.75, 3.05) is 37.5 Å². The van der Waals surface area contributed by atoms with Crippen molar-refractivity contribution in [1.29, 1.82) is 0 Å². The highest BCUT2D eigenvalue weighted by Gasteiger charge is 2.32. The number of fused-ring (bicyclic) bond motifs is 1. The predicted octanol–water partition coefficient (Wildman–Crippen LogP) is 4.08. The van der Waals surface area contributed by atoms with Gasteiger partial charge in [-0.1, -0.05) is 30.3 Å². The molecule has 0 spiro atoms. The van der Waals surface area contributed by atoms with Gasteiger partial charge in [-0.25, -0.2) is 13.2 Å².